The van der Waals surface area contributed by atoms with Gasteiger partial charge in [0.25, 0.3) is 0 Å². The molecule has 0 aliphatic rings. The summed E-state index contributed by atoms with van der Waals surface area (Å²) >= 11 is 0. The first-order valence-electron chi connectivity index (χ1n) is 6.92. The fourth-order valence-corrected chi connectivity index (χ4v) is 2.05. The number of allylic oxidation sites excluding steroid dienone is 1. The van der Waals surface area contributed by atoms with E-state index in [1.807, 2.05) is 30.3 Å². The molecule has 2 aromatic rings. The summed E-state index contributed by atoms with van der Waals surface area (Å²) in [7, 11) is 1.55. The van der Waals surface area contributed by atoms with Crippen molar-refractivity contribution in [3.8, 4) is 0 Å². The van der Waals surface area contributed by atoms with Gasteiger partial charge in [-0.1, -0.05) is 18.2 Å². The van der Waals surface area contributed by atoms with E-state index in [0.29, 0.717) is 5.56 Å². The lowest BCUT2D eigenvalue weighted by molar-refractivity contribution is -0.137. The van der Waals surface area contributed by atoms with Gasteiger partial charge in [0.2, 0.25) is 5.78 Å². The van der Waals surface area contributed by atoms with Crippen LogP contribution in [0, 0.1) is 0 Å². The molecule has 114 valence electrons. The quantitative estimate of drug-likeness (QED) is 0.466. The summed E-state index contributed by atoms with van der Waals surface area (Å²) < 4.78 is 9.88. The van der Waals surface area contributed by atoms with E-state index in [1.165, 1.54) is 6.08 Å². The maximum atomic E-state index is 12.3. The van der Waals surface area contributed by atoms with Gasteiger partial charge in [-0.05, 0) is 25.1 Å². The highest BCUT2D eigenvalue weighted by molar-refractivity contribution is 6.07. The Balaban J connectivity index is 2.37. The normalized spacial score (nSPS) is 11.0. The summed E-state index contributed by atoms with van der Waals surface area (Å²) in [6.45, 7) is 2.24. The molecule has 2 rings (SSSR count). The number of benzene rings is 1. The van der Waals surface area contributed by atoms with E-state index in [2.05, 4.69) is 4.98 Å². The largest absolute Gasteiger partial charge is 0.463 e. The van der Waals surface area contributed by atoms with Crippen LogP contribution in [0.5, 0.6) is 0 Å². The molecular weight excluding hydrogens is 282 g/mol. The Bertz CT molecular complexity index is 722. The molecule has 0 N–H and O–H groups in total. The summed E-state index contributed by atoms with van der Waals surface area (Å²) in [6, 6.07) is 9.38. The molecule has 5 heteroatoms. The van der Waals surface area contributed by atoms with Crippen molar-refractivity contribution in [3.63, 3.8) is 0 Å². The second-order valence-corrected chi connectivity index (χ2v) is 4.57. The molecule has 1 heterocycles. The molecule has 0 fully saturated rings. The molecule has 0 saturated heterocycles. The second kappa shape index (κ2) is 7.47. The van der Waals surface area contributed by atoms with Crippen LogP contribution in [0.4, 0.5) is 0 Å². The number of carbonyl (C=O) groups is 2. The van der Waals surface area contributed by atoms with Crippen LogP contribution in [-0.2, 0) is 20.9 Å². The SMILES string of the molecule is CCOC(=O)/C=C/C(=O)c1nc2ccccc2cc1COC. The van der Waals surface area contributed by atoms with Crippen molar-refractivity contribution in [1.82, 2.24) is 4.98 Å². The lowest BCUT2D eigenvalue weighted by Gasteiger charge is -2.07. The van der Waals surface area contributed by atoms with Crippen LogP contribution in [0.3, 0.4) is 0 Å². The summed E-state index contributed by atoms with van der Waals surface area (Å²) in [5.41, 5.74) is 1.68. The van der Waals surface area contributed by atoms with Crippen molar-refractivity contribution in [2.45, 2.75) is 13.5 Å². The number of esters is 1. The first-order chi connectivity index (χ1) is 10.7. The predicted molar refractivity (Wildman–Crippen MR) is 82.6 cm³/mol. The number of carbonyl (C=O) groups excluding carboxylic acids is 2. The Hall–Kier alpha value is -2.53. The first-order valence-corrected chi connectivity index (χ1v) is 6.92. The van der Waals surface area contributed by atoms with Gasteiger partial charge in [-0.25, -0.2) is 9.78 Å². The molecule has 0 atom stereocenters. The number of ketones is 1. The number of hydrogen-bond donors (Lipinski definition) is 0. The molecule has 22 heavy (non-hydrogen) atoms. The fraction of sp³-hybridized carbons (Fsp3) is 0.235. The zero-order chi connectivity index (χ0) is 15.9. The standard InChI is InChI=1S/C17H17NO4/c1-3-22-16(20)9-8-15(19)17-13(11-21-2)10-12-6-4-5-7-14(12)18-17/h4-10H,3,11H2,1-2H3/b9-8+. The summed E-state index contributed by atoms with van der Waals surface area (Å²) in [6.07, 6.45) is 2.29. The zero-order valence-corrected chi connectivity index (χ0v) is 12.5. The van der Waals surface area contributed by atoms with Crippen LogP contribution in [0.2, 0.25) is 0 Å². The predicted octanol–water partition coefficient (Wildman–Crippen LogP) is 2.68. The lowest BCUT2D eigenvalue weighted by atomic mass is 10.1. The highest BCUT2D eigenvalue weighted by atomic mass is 16.5. The van der Waals surface area contributed by atoms with Crippen LogP contribution in [-0.4, -0.2) is 30.5 Å². The number of nitrogens with zero attached hydrogens (tertiary/aromatic N) is 1. The fourth-order valence-electron chi connectivity index (χ4n) is 2.05. The van der Waals surface area contributed by atoms with Crippen LogP contribution in [0.25, 0.3) is 10.9 Å². The van der Waals surface area contributed by atoms with E-state index in [9.17, 15) is 9.59 Å². The van der Waals surface area contributed by atoms with Crippen LogP contribution < -0.4 is 0 Å². The van der Waals surface area contributed by atoms with Crippen molar-refractivity contribution < 1.29 is 19.1 Å². The van der Waals surface area contributed by atoms with Crippen molar-refractivity contribution >= 4 is 22.7 Å². The van der Waals surface area contributed by atoms with E-state index >= 15 is 0 Å². The van der Waals surface area contributed by atoms with Crippen molar-refractivity contribution in [3.05, 3.63) is 53.7 Å². The summed E-state index contributed by atoms with van der Waals surface area (Å²) in [5, 5.41) is 0.931. The van der Waals surface area contributed by atoms with E-state index in [-0.39, 0.29) is 24.7 Å². The Morgan fingerprint density at radius 1 is 1.23 bits per heavy atom. The van der Waals surface area contributed by atoms with Gasteiger partial charge in [0.1, 0.15) is 5.69 Å². The number of methoxy groups -OCH3 is 1. The van der Waals surface area contributed by atoms with E-state index < -0.39 is 5.97 Å². The van der Waals surface area contributed by atoms with Gasteiger partial charge in [-0.3, -0.25) is 4.79 Å². The molecule has 0 bridgehead atoms. The monoisotopic (exact) mass is 299 g/mol. The molecule has 0 spiro atoms. The maximum absolute atomic E-state index is 12.3. The molecule has 1 aromatic carbocycles. The Labute approximate surface area is 128 Å². The Morgan fingerprint density at radius 2 is 2.00 bits per heavy atom. The third-order valence-electron chi connectivity index (χ3n) is 2.99. The van der Waals surface area contributed by atoms with Gasteiger partial charge in [0.05, 0.1) is 18.7 Å². The maximum Gasteiger partial charge on any atom is 0.330 e. The van der Waals surface area contributed by atoms with Gasteiger partial charge in [-0.15, -0.1) is 0 Å². The van der Waals surface area contributed by atoms with Gasteiger partial charge in [0.15, 0.2) is 0 Å². The first kappa shape index (κ1) is 15.9. The third kappa shape index (κ3) is 3.77. The van der Waals surface area contributed by atoms with Crippen molar-refractivity contribution in [2.24, 2.45) is 0 Å². The molecule has 0 aliphatic heterocycles. The molecule has 0 aliphatic carbocycles. The molecule has 0 amide bonds. The number of para-hydroxylation sites is 1. The topological polar surface area (TPSA) is 65.5 Å². The van der Waals surface area contributed by atoms with Crippen molar-refractivity contribution in [1.29, 1.82) is 0 Å². The highest BCUT2D eigenvalue weighted by Crippen LogP contribution is 2.18. The molecule has 1 aromatic heterocycles. The van der Waals surface area contributed by atoms with Gasteiger partial charge < -0.3 is 9.47 Å². The number of ether oxygens (including phenoxy) is 2. The number of rotatable bonds is 6. The summed E-state index contributed by atoms with van der Waals surface area (Å²) in [5.74, 6) is -0.907. The van der Waals surface area contributed by atoms with Crippen LogP contribution in [0.15, 0.2) is 42.5 Å². The molecular formula is C17H17NO4. The lowest BCUT2D eigenvalue weighted by Crippen LogP contribution is -2.07. The number of hydrogen-bond acceptors (Lipinski definition) is 5. The minimum Gasteiger partial charge on any atom is -0.463 e. The molecule has 5 nitrogen and oxygen atoms in total. The number of aromatic nitrogens is 1. The zero-order valence-electron chi connectivity index (χ0n) is 12.5. The van der Waals surface area contributed by atoms with Crippen LogP contribution in [0.1, 0.15) is 23.0 Å². The van der Waals surface area contributed by atoms with Crippen molar-refractivity contribution in [2.75, 3.05) is 13.7 Å². The molecule has 0 radical (unpaired) electrons. The average molecular weight is 299 g/mol. The Morgan fingerprint density at radius 3 is 2.73 bits per heavy atom. The average Bonchev–Trinajstić information content (AvgIpc) is 2.52. The van der Waals surface area contributed by atoms with Gasteiger partial charge in [-0.2, -0.15) is 0 Å². The second-order valence-electron chi connectivity index (χ2n) is 4.57. The minimum absolute atomic E-state index is 0.264. The third-order valence-corrected chi connectivity index (χ3v) is 2.99. The Kier molecular flexibility index (Phi) is 5.38. The van der Waals surface area contributed by atoms with Crippen LogP contribution >= 0.6 is 0 Å². The smallest absolute Gasteiger partial charge is 0.330 e. The molecule has 0 saturated carbocycles. The van der Waals surface area contributed by atoms with E-state index in [1.54, 1.807) is 14.0 Å². The van der Waals surface area contributed by atoms with E-state index in [4.69, 9.17) is 9.47 Å². The summed E-state index contributed by atoms with van der Waals surface area (Å²) in [4.78, 5) is 28.0. The minimum atomic E-state index is -0.551. The number of fused-ring (bicyclic) bond motifs is 1. The van der Waals surface area contributed by atoms with Gasteiger partial charge in [0, 0.05) is 24.1 Å². The highest BCUT2D eigenvalue weighted by Gasteiger charge is 2.13. The van der Waals surface area contributed by atoms with Gasteiger partial charge >= 0.3 is 5.97 Å². The van der Waals surface area contributed by atoms with E-state index in [0.717, 1.165) is 17.0 Å². The molecule has 0 unspecified atom stereocenters. The number of pyridine rings is 1.